The van der Waals surface area contributed by atoms with Gasteiger partial charge in [0.15, 0.2) is 5.76 Å². The molecule has 2 aromatic rings. The predicted octanol–water partition coefficient (Wildman–Crippen LogP) is 4.52. The highest BCUT2D eigenvalue weighted by Gasteiger charge is 2.52. The van der Waals surface area contributed by atoms with Crippen LogP contribution in [0.4, 0.5) is 0 Å². The first-order chi connectivity index (χ1) is 14.5. The third kappa shape index (κ3) is 5.36. The Morgan fingerprint density at radius 3 is 2.53 bits per heavy atom. The van der Waals surface area contributed by atoms with E-state index in [4.69, 9.17) is 4.42 Å². The summed E-state index contributed by atoms with van der Waals surface area (Å²) in [6.07, 6.45) is 8.18. The molecule has 1 amide bonds. The van der Waals surface area contributed by atoms with Crippen molar-refractivity contribution < 1.29 is 14.0 Å². The molecule has 1 atom stereocenters. The zero-order valence-electron chi connectivity index (χ0n) is 18.3. The van der Waals surface area contributed by atoms with Crippen LogP contribution in [0.3, 0.4) is 0 Å². The molecule has 1 N–H and O–H groups in total. The monoisotopic (exact) mass is 411 g/mol. The van der Waals surface area contributed by atoms with Crippen molar-refractivity contribution in [3.8, 4) is 11.3 Å². The van der Waals surface area contributed by atoms with E-state index in [9.17, 15) is 9.59 Å². The van der Waals surface area contributed by atoms with Crippen LogP contribution in [0.15, 0.2) is 40.9 Å². The summed E-state index contributed by atoms with van der Waals surface area (Å²) in [6.45, 7) is 1.90. The topological polar surface area (TPSA) is 75.4 Å². The molecule has 1 heterocycles. The fourth-order valence-electron chi connectivity index (χ4n) is 3.75. The van der Waals surface area contributed by atoms with Gasteiger partial charge in [-0.3, -0.25) is 14.5 Å². The SMILES string of the molecule is CCC(=O)CCCCCC(NC(=O)C1(N(C)C)CC1)c1ncc(-c2ccccc2)o1. The lowest BCUT2D eigenvalue weighted by atomic mass is 10.0. The highest BCUT2D eigenvalue weighted by Crippen LogP contribution is 2.41. The summed E-state index contributed by atoms with van der Waals surface area (Å²) >= 11 is 0. The first-order valence-electron chi connectivity index (χ1n) is 11.0. The number of rotatable bonds is 12. The number of aromatic nitrogens is 1. The van der Waals surface area contributed by atoms with Gasteiger partial charge in [-0.05, 0) is 39.8 Å². The molecule has 1 fully saturated rings. The minimum absolute atomic E-state index is 0.0399. The summed E-state index contributed by atoms with van der Waals surface area (Å²) < 4.78 is 6.05. The van der Waals surface area contributed by atoms with Gasteiger partial charge in [-0.1, -0.05) is 50.1 Å². The van der Waals surface area contributed by atoms with E-state index in [0.29, 0.717) is 30.3 Å². The van der Waals surface area contributed by atoms with Crippen LogP contribution in [0.1, 0.15) is 70.2 Å². The van der Waals surface area contributed by atoms with Gasteiger partial charge in [0, 0.05) is 18.4 Å². The number of hydrogen-bond acceptors (Lipinski definition) is 5. The molecule has 1 aromatic carbocycles. The van der Waals surface area contributed by atoms with Crippen molar-refractivity contribution in [3.63, 3.8) is 0 Å². The molecule has 0 saturated heterocycles. The highest BCUT2D eigenvalue weighted by atomic mass is 16.4. The van der Waals surface area contributed by atoms with Crippen molar-refractivity contribution in [1.82, 2.24) is 15.2 Å². The lowest BCUT2D eigenvalue weighted by Gasteiger charge is -2.25. The summed E-state index contributed by atoms with van der Waals surface area (Å²) in [4.78, 5) is 31.0. The zero-order valence-corrected chi connectivity index (χ0v) is 18.3. The number of nitrogens with zero attached hydrogens (tertiary/aromatic N) is 2. The molecule has 0 aliphatic heterocycles. The van der Waals surface area contributed by atoms with E-state index in [-0.39, 0.29) is 11.9 Å². The van der Waals surface area contributed by atoms with Crippen molar-refractivity contribution in [2.45, 2.75) is 69.9 Å². The van der Waals surface area contributed by atoms with Gasteiger partial charge in [-0.15, -0.1) is 0 Å². The van der Waals surface area contributed by atoms with Crippen LogP contribution in [0, 0.1) is 0 Å². The Kier molecular flexibility index (Phi) is 7.43. The molecule has 162 valence electrons. The number of carbonyl (C=O) groups excluding carboxylic acids is 2. The van der Waals surface area contributed by atoms with Crippen molar-refractivity contribution >= 4 is 11.7 Å². The number of oxazole rings is 1. The summed E-state index contributed by atoms with van der Waals surface area (Å²) in [7, 11) is 3.90. The van der Waals surface area contributed by atoms with Gasteiger partial charge in [-0.25, -0.2) is 4.98 Å². The van der Waals surface area contributed by atoms with Crippen LogP contribution in [0.2, 0.25) is 0 Å². The average molecular weight is 412 g/mol. The zero-order chi connectivity index (χ0) is 21.6. The molecule has 30 heavy (non-hydrogen) atoms. The van der Waals surface area contributed by atoms with Crippen molar-refractivity contribution in [2.75, 3.05) is 14.1 Å². The van der Waals surface area contributed by atoms with Crippen LogP contribution in [0.25, 0.3) is 11.3 Å². The van der Waals surface area contributed by atoms with Crippen LogP contribution < -0.4 is 5.32 Å². The fourth-order valence-corrected chi connectivity index (χ4v) is 3.75. The van der Waals surface area contributed by atoms with Crippen molar-refractivity contribution in [2.24, 2.45) is 0 Å². The molecule has 6 nitrogen and oxygen atoms in total. The number of amides is 1. The molecule has 0 bridgehead atoms. The molecule has 3 rings (SSSR count). The van der Waals surface area contributed by atoms with Gasteiger partial charge in [0.05, 0.1) is 11.7 Å². The van der Waals surface area contributed by atoms with E-state index < -0.39 is 5.54 Å². The number of nitrogens with one attached hydrogen (secondary N) is 1. The molecule has 0 spiro atoms. The normalized spacial score (nSPS) is 15.7. The van der Waals surface area contributed by atoms with Crippen molar-refractivity contribution in [1.29, 1.82) is 0 Å². The van der Waals surface area contributed by atoms with E-state index in [1.165, 1.54) is 0 Å². The second kappa shape index (κ2) is 10.0. The highest BCUT2D eigenvalue weighted by molar-refractivity contribution is 5.89. The maximum atomic E-state index is 13.0. The van der Waals surface area contributed by atoms with E-state index in [0.717, 1.165) is 44.1 Å². The molecular weight excluding hydrogens is 378 g/mol. The number of benzene rings is 1. The Hall–Kier alpha value is -2.47. The summed E-state index contributed by atoms with van der Waals surface area (Å²) in [5.41, 5.74) is 0.562. The van der Waals surface area contributed by atoms with E-state index in [1.807, 2.05) is 56.3 Å². The van der Waals surface area contributed by atoms with Gasteiger partial charge < -0.3 is 9.73 Å². The molecule has 1 aliphatic rings. The molecule has 0 radical (unpaired) electrons. The maximum Gasteiger partial charge on any atom is 0.241 e. The lowest BCUT2D eigenvalue weighted by Crippen LogP contribution is -2.46. The Bertz CT molecular complexity index is 840. The first-order valence-corrected chi connectivity index (χ1v) is 11.0. The van der Waals surface area contributed by atoms with E-state index >= 15 is 0 Å². The molecule has 1 aliphatic carbocycles. The van der Waals surface area contributed by atoms with E-state index in [2.05, 4.69) is 10.3 Å². The molecule has 1 aromatic heterocycles. The van der Waals surface area contributed by atoms with Gasteiger partial charge >= 0.3 is 0 Å². The van der Waals surface area contributed by atoms with Crippen LogP contribution in [0.5, 0.6) is 0 Å². The molecule has 6 heteroatoms. The maximum absolute atomic E-state index is 13.0. The second-order valence-electron chi connectivity index (χ2n) is 8.37. The average Bonchev–Trinajstić information content (AvgIpc) is 3.44. The second-order valence-corrected chi connectivity index (χ2v) is 8.37. The third-order valence-electron chi connectivity index (χ3n) is 6.03. The summed E-state index contributed by atoms with van der Waals surface area (Å²) in [6, 6.07) is 9.57. The third-order valence-corrected chi connectivity index (χ3v) is 6.03. The number of carbonyl (C=O) groups is 2. The van der Waals surface area contributed by atoms with E-state index in [1.54, 1.807) is 6.20 Å². The Morgan fingerprint density at radius 2 is 1.90 bits per heavy atom. The molecule has 1 unspecified atom stereocenters. The largest absolute Gasteiger partial charge is 0.438 e. The number of unbranched alkanes of at least 4 members (excludes halogenated alkanes) is 2. The Labute approximate surface area is 179 Å². The standard InChI is InChI=1S/C24H33N3O3/c1-4-19(28)13-9-6-10-14-20(26-23(29)24(15-16-24)27(2)3)22-25-17-21(30-22)18-11-7-5-8-12-18/h5,7-8,11-12,17,20H,4,6,9-10,13-16H2,1-3H3,(H,26,29). The van der Waals surface area contributed by atoms with Gasteiger partial charge in [-0.2, -0.15) is 0 Å². The van der Waals surface area contributed by atoms with Crippen molar-refractivity contribution in [3.05, 3.63) is 42.4 Å². The molecular formula is C24H33N3O3. The molecule has 1 saturated carbocycles. The van der Waals surface area contributed by atoms with Gasteiger partial charge in [0.1, 0.15) is 11.8 Å². The Balaban J connectivity index is 1.67. The number of ketones is 1. The summed E-state index contributed by atoms with van der Waals surface area (Å²) in [5, 5.41) is 3.19. The van der Waals surface area contributed by atoms with Gasteiger partial charge in [0.2, 0.25) is 11.8 Å². The number of Topliss-reactive ketones (excluding diaryl/α,β-unsaturated/α-hetero) is 1. The first kappa shape index (κ1) is 22.2. The number of likely N-dealkylation sites (N-methyl/N-ethyl adjacent to an activating group) is 1. The van der Waals surface area contributed by atoms with Crippen LogP contribution >= 0.6 is 0 Å². The quantitative estimate of drug-likeness (QED) is 0.520. The lowest BCUT2D eigenvalue weighted by molar-refractivity contribution is -0.128. The number of hydrogen-bond donors (Lipinski definition) is 1. The predicted molar refractivity (Wildman–Crippen MR) is 117 cm³/mol. The van der Waals surface area contributed by atoms with Crippen LogP contribution in [-0.4, -0.2) is 41.2 Å². The minimum Gasteiger partial charge on any atom is -0.438 e. The van der Waals surface area contributed by atoms with Gasteiger partial charge in [0.25, 0.3) is 0 Å². The summed E-state index contributed by atoms with van der Waals surface area (Å²) in [5.74, 6) is 1.59. The Morgan fingerprint density at radius 1 is 1.17 bits per heavy atom. The minimum atomic E-state index is -0.402. The fraction of sp³-hybridized carbons (Fsp3) is 0.542. The smallest absolute Gasteiger partial charge is 0.241 e. The van der Waals surface area contributed by atoms with Crippen LogP contribution in [-0.2, 0) is 9.59 Å².